The van der Waals surface area contributed by atoms with Crippen molar-refractivity contribution in [2.75, 3.05) is 0 Å². The third kappa shape index (κ3) is 2.80. The molecular weight excluding hydrogens is 330 g/mol. The molecule has 3 aromatic rings. The number of carbonyl (C=O) groups excluding carboxylic acids is 1. The zero-order valence-electron chi connectivity index (χ0n) is 12.3. The van der Waals surface area contributed by atoms with E-state index in [9.17, 15) is 18.0 Å². The SMILES string of the molecule is NS(=O)(=O)c1ccc(-n2[nH]c(-c3ccccc3)c(C=O)c2=O)cc1. The van der Waals surface area contributed by atoms with Gasteiger partial charge in [0.25, 0.3) is 5.56 Å². The van der Waals surface area contributed by atoms with E-state index in [1.807, 2.05) is 6.07 Å². The van der Waals surface area contributed by atoms with Gasteiger partial charge < -0.3 is 0 Å². The topological polar surface area (TPSA) is 115 Å². The molecule has 0 bridgehead atoms. The molecule has 0 saturated heterocycles. The highest BCUT2D eigenvalue weighted by Gasteiger charge is 2.16. The van der Waals surface area contributed by atoms with Crippen molar-refractivity contribution in [3.63, 3.8) is 0 Å². The van der Waals surface area contributed by atoms with Crippen LogP contribution in [0.25, 0.3) is 16.9 Å². The first-order valence-electron chi connectivity index (χ1n) is 6.90. The molecular formula is C16H13N3O4S. The second-order valence-corrected chi connectivity index (χ2v) is 6.63. The first-order chi connectivity index (χ1) is 11.4. The van der Waals surface area contributed by atoms with Crippen molar-refractivity contribution in [3.05, 3.63) is 70.5 Å². The molecule has 0 amide bonds. The molecule has 0 saturated carbocycles. The van der Waals surface area contributed by atoms with Gasteiger partial charge in [-0.1, -0.05) is 30.3 Å². The first-order valence-corrected chi connectivity index (χ1v) is 8.45. The number of carbonyl (C=O) groups is 1. The number of rotatable bonds is 4. The Morgan fingerprint density at radius 2 is 1.62 bits per heavy atom. The van der Waals surface area contributed by atoms with Gasteiger partial charge in [0.15, 0.2) is 6.29 Å². The van der Waals surface area contributed by atoms with Crippen molar-refractivity contribution in [2.45, 2.75) is 4.90 Å². The Morgan fingerprint density at radius 1 is 1.00 bits per heavy atom. The fraction of sp³-hybridized carbons (Fsp3) is 0. The van der Waals surface area contributed by atoms with E-state index in [1.165, 1.54) is 28.9 Å². The van der Waals surface area contributed by atoms with E-state index >= 15 is 0 Å². The zero-order chi connectivity index (χ0) is 17.3. The third-order valence-electron chi connectivity index (χ3n) is 3.53. The van der Waals surface area contributed by atoms with Crippen molar-refractivity contribution in [3.8, 4) is 16.9 Å². The molecule has 0 atom stereocenters. The second kappa shape index (κ2) is 5.91. The normalized spacial score (nSPS) is 11.4. The van der Waals surface area contributed by atoms with Crippen LogP contribution in [-0.2, 0) is 10.0 Å². The van der Waals surface area contributed by atoms with Gasteiger partial charge in [0, 0.05) is 5.56 Å². The summed E-state index contributed by atoms with van der Waals surface area (Å²) in [5, 5.41) is 7.93. The van der Waals surface area contributed by atoms with Crippen molar-refractivity contribution in [1.29, 1.82) is 0 Å². The van der Waals surface area contributed by atoms with E-state index in [-0.39, 0.29) is 10.5 Å². The summed E-state index contributed by atoms with van der Waals surface area (Å²) in [6.45, 7) is 0. The number of nitrogens with zero attached hydrogens (tertiary/aromatic N) is 1. The minimum absolute atomic E-state index is 0.00303. The van der Waals surface area contributed by atoms with E-state index in [0.29, 0.717) is 23.2 Å². The lowest BCUT2D eigenvalue weighted by Gasteiger charge is -2.03. The summed E-state index contributed by atoms with van der Waals surface area (Å²) < 4.78 is 23.8. The highest BCUT2D eigenvalue weighted by molar-refractivity contribution is 7.89. The molecule has 0 aliphatic rings. The highest BCUT2D eigenvalue weighted by Crippen LogP contribution is 2.20. The summed E-state index contributed by atoms with van der Waals surface area (Å²) in [5.74, 6) is 0. The van der Waals surface area contributed by atoms with Crippen LogP contribution < -0.4 is 10.7 Å². The summed E-state index contributed by atoms with van der Waals surface area (Å²) in [6.07, 6.45) is 0.496. The smallest absolute Gasteiger partial charge is 0.282 e. The molecule has 1 aromatic heterocycles. The minimum atomic E-state index is -3.82. The molecule has 122 valence electrons. The van der Waals surface area contributed by atoms with Crippen LogP contribution in [0.5, 0.6) is 0 Å². The van der Waals surface area contributed by atoms with Gasteiger partial charge in [-0.2, -0.15) is 0 Å². The number of primary sulfonamides is 1. The van der Waals surface area contributed by atoms with E-state index in [0.717, 1.165) is 0 Å². The molecule has 24 heavy (non-hydrogen) atoms. The van der Waals surface area contributed by atoms with Gasteiger partial charge in [-0.05, 0) is 24.3 Å². The third-order valence-corrected chi connectivity index (χ3v) is 4.46. The lowest BCUT2D eigenvalue weighted by atomic mass is 10.1. The van der Waals surface area contributed by atoms with Crippen molar-refractivity contribution < 1.29 is 13.2 Å². The van der Waals surface area contributed by atoms with Gasteiger partial charge in [-0.3, -0.25) is 14.7 Å². The maximum absolute atomic E-state index is 12.4. The van der Waals surface area contributed by atoms with E-state index in [2.05, 4.69) is 5.10 Å². The van der Waals surface area contributed by atoms with Gasteiger partial charge in [0.05, 0.1) is 16.3 Å². The molecule has 2 aromatic carbocycles. The number of nitrogens with one attached hydrogen (secondary N) is 1. The number of nitrogens with two attached hydrogens (primary N) is 1. The number of aromatic nitrogens is 2. The number of hydrogen-bond acceptors (Lipinski definition) is 4. The summed E-state index contributed by atoms with van der Waals surface area (Å²) in [6, 6.07) is 14.4. The van der Waals surface area contributed by atoms with E-state index in [4.69, 9.17) is 5.14 Å². The number of benzene rings is 2. The van der Waals surface area contributed by atoms with Crippen LogP contribution in [-0.4, -0.2) is 24.5 Å². The fourth-order valence-corrected chi connectivity index (χ4v) is 2.87. The molecule has 0 radical (unpaired) electrons. The Bertz CT molecular complexity index is 1050. The Kier molecular flexibility index (Phi) is 3.92. The summed E-state index contributed by atoms with van der Waals surface area (Å²) in [4.78, 5) is 23.7. The monoisotopic (exact) mass is 343 g/mol. The Balaban J connectivity index is 2.15. The highest BCUT2D eigenvalue weighted by atomic mass is 32.2. The average Bonchev–Trinajstić information content (AvgIpc) is 2.91. The number of sulfonamides is 1. The van der Waals surface area contributed by atoms with Gasteiger partial charge in [0.2, 0.25) is 10.0 Å². The van der Waals surface area contributed by atoms with Crippen LogP contribution in [0.1, 0.15) is 10.4 Å². The van der Waals surface area contributed by atoms with Crippen LogP contribution in [0, 0.1) is 0 Å². The Hall–Kier alpha value is -2.97. The number of aldehydes is 1. The van der Waals surface area contributed by atoms with Gasteiger partial charge in [-0.15, -0.1) is 0 Å². The summed E-state index contributed by atoms with van der Waals surface area (Å²) in [7, 11) is -3.82. The molecule has 3 rings (SSSR count). The predicted molar refractivity (Wildman–Crippen MR) is 88.6 cm³/mol. The van der Waals surface area contributed by atoms with Gasteiger partial charge in [-0.25, -0.2) is 18.2 Å². The molecule has 7 nitrogen and oxygen atoms in total. The fourth-order valence-electron chi connectivity index (χ4n) is 2.35. The molecule has 3 N–H and O–H groups in total. The van der Waals surface area contributed by atoms with Gasteiger partial charge >= 0.3 is 0 Å². The maximum Gasteiger partial charge on any atom is 0.282 e. The molecule has 0 unspecified atom stereocenters. The van der Waals surface area contributed by atoms with Crippen molar-refractivity contribution >= 4 is 16.3 Å². The molecule has 0 fully saturated rings. The van der Waals surface area contributed by atoms with Crippen molar-refractivity contribution in [2.24, 2.45) is 5.14 Å². The molecule has 0 spiro atoms. The van der Waals surface area contributed by atoms with Crippen LogP contribution in [0.4, 0.5) is 0 Å². The minimum Gasteiger partial charge on any atom is -0.298 e. The lowest BCUT2D eigenvalue weighted by molar-refractivity contribution is 0.112. The molecule has 0 aliphatic heterocycles. The summed E-state index contributed by atoms with van der Waals surface area (Å²) >= 11 is 0. The second-order valence-electron chi connectivity index (χ2n) is 5.06. The zero-order valence-corrected chi connectivity index (χ0v) is 13.2. The van der Waals surface area contributed by atoms with Crippen LogP contribution >= 0.6 is 0 Å². The van der Waals surface area contributed by atoms with Crippen LogP contribution in [0.2, 0.25) is 0 Å². The molecule has 0 aliphatic carbocycles. The largest absolute Gasteiger partial charge is 0.298 e. The average molecular weight is 343 g/mol. The quantitative estimate of drug-likeness (QED) is 0.695. The van der Waals surface area contributed by atoms with E-state index in [1.54, 1.807) is 24.3 Å². The Labute approximate surface area is 137 Å². The predicted octanol–water partition coefficient (Wildman–Crippen LogP) is 1.29. The van der Waals surface area contributed by atoms with Crippen molar-refractivity contribution in [1.82, 2.24) is 9.78 Å². The van der Waals surface area contributed by atoms with E-state index < -0.39 is 15.6 Å². The Morgan fingerprint density at radius 3 is 2.17 bits per heavy atom. The lowest BCUT2D eigenvalue weighted by Crippen LogP contribution is -2.17. The summed E-state index contributed by atoms with van der Waals surface area (Å²) in [5.41, 5.74) is 0.948. The molecule has 1 heterocycles. The number of hydrogen-bond donors (Lipinski definition) is 2. The maximum atomic E-state index is 12.4. The molecule has 8 heteroatoms. The van der Waals surface area contributed by atoms with Crippen LogP contribution in [0.3, 0.4) is 0 Å². The standard InChI is InChI=1S/C16H13N3O4S/c17-24(22,23)13-8-6-12(7-9-13)19-16(21)14(10-20)15(18-19)11-4-2-1-3-5-11/h1-10,18H,(H2,17,22,23). The van der Waals surface area contributed by atoms with Crippen LogP contribution in [0.15, 0.2) is 64.3 Å². The first kappa shape index (κ1) is 15.9. The van der Waals surface area contributed by atoms with Gasteiger partial charge in [0.1, 0.15) is 5.56 Å². The number of H-pyrrole nitrogens is 1. The number of aromatic amines is 1.